The van der Waals surface area contributed by atoms with Gasteiger partial charge in [0, 0.05) is 49.2 Å². The van der Waals surface area contributed by atoms with Crippen molar-refractivity contribution >= 4 is 22.7 Å². The third kappa shape index (κ3) is 2.70. The first-order valence-corrected chi connectivity index (χ1v) is 9.82. The summed E-state index contributed by atoms with van der Waals surface area (Å²) in [4.78, 5) is 33.3. The quantitative estimate of drug-likeness (QED) is 0.817. The second kappa shape index (κ2) is 6.17. The lowest BCUT2D eigenvalue weighted by Gasteiger charge is -2.46. The molecule has 3 heterocycles. The number of likely N-dealkylation sites (N-methyl/N-ethyl adjacent to an activating group) is 2. The molecule has 0 saturated carbocycles. The monoisotopic (exact) mass is 366 g/mol. The third-order valence-electron chi connectivity index (χ3n) is 6.79. The van der Waals surface area contributed by atoms with E-state index in [0.29, 0.717) is 31.0 Å². The predicted molar refractivity (Wildman–Crippen MR) is 103 cm³/mol. The second-order valence-corrected chi connectivity index (χ2v) is 8.52. The lowest BCUT2D eigenvalue weighted by molar-refractivity contribution is -0.149. The van der Waals surface area contributed by atoms with E-state index in [0.717, 1.165) is 25.9 Å². The molecule has 0 radical (unpaired) electrons. The Morgan fingerprint density at radius 2 is 1.93 bits per heavy atom. The number of amides is 2. The number of likely N-dealkylation sites (tertiary alicyclic amines) is 1. The number of benzene rings is 1. The van der Waals surface area contributed by atoms with Crippen LogP contribution in [0, 0.1) is 5.92 Å². The summed E-state index contributed by atoms with van der Waals surface area (Å²) in [5.74, 6) is 0.802. The Morgan fingerprint density at radius 3 is 2.70 bits per heavy atom. The number of aromatic amines is 1. The van der Waals surface area contributed by atoms with Crippen LogP contribution < -0.4 is 0 Å². The third-order valence-corrected chi connectivity index (χ3v) is 6.79. The fraction of sp³-hybridized carbons (Fsp3) is 0.524. The molecule has 27 heavy (non-hydrogen) atoms. The maximum atomic E-state index is 12.0. The summed E-state index contributed by atoms with van der Waals surface area (Å²) in [6.07, 6.45) is 4.38. The van der Waals surface area contributed by atoms with E-state index in [4.69, 9.17) is 0 Å². The molecule has 3 aliphatic rings. The first-order chi connectivity index (χ1) is 13.0. The van der Waals surface area contributed by atoms with Gasteiger partial charge in [0.2, 0.25) is 11.8 Å². The first-order valence-electron chi connectivity index (χ1n) is 9.82. The summed E-state index contributed by atoms with van der Waals surface area (Å²) < 4.78 is 0. The highest BCUT2D eigenvalue weighted by molar-refractivity contribution is 5.99. The van der Waals surface area contributed by atoms with Gasteiger partial charge in [-0.1, -0.05) is 12.1 Å². The molecule has 1 aromatic carbocycles. The number of fused-ring (bicyclic) bond motifs is 2. The summed E-state index contributed by atoms with van der Waals surface area (Å²) in [5, 5.41) is 1.41. The predicted octanol–water partition coefficient (Wildman–Crippen LogP) is 1.43. The van der Waals surface area contributed by atoms with Gasteiger partial charge >= 0.3 is 0 Å². The van der Waals surface area contributed by atoms with Crippen LogP contribution in [0.25, 0.3) is 10.9 Å². The Labute approximate surface area is 159 Å². The lowest BCUT2D eigenvalue weighted by atomic mass is 9.72. The molecule has 6 heteroatoms. The highest BCUT2D eigenvalue weighted by atomic mass is 16.2. The van der Waals surface area contributed by atoms with Gasteiger partial charge in [-0.15, -0.1) is 0 Å². The second-order valence-electron chi connectivity index (χ2n) is 8.52. The minimum Gasteiger partial charge on any atom is -0.361 e. The number of imide groups is 1. The SMILES string of the molecule is CN1C(=O)CN(C[C@@H]2CC3c4cccc5[nH]cc(c45)C[C@H]3N(C)C2)CC1=O. The van der Waals surface area contributed by atoms with Gasteiger partial charge in [-0.25, -0.2) is 0 Å². The van der Waals surface area contributed by atoms with Gasteiger partial charge in [-0.05, 0) is 43.0 Å². The molecule has 1 aromatic heterocycles. The molecule has 1 N–H and O–H groups in total. The Morgan fingerprint density at radius 1 is 1.15 bits per heavy atom. The van der Waals surface area contributed by atoms with Crippen LogP contribution in [0.4, 0.5) is 0 Å². The summed E-state index contributed by atoms with van der Waals surface area (Å²) in [5.41, 5.74) is 4.13. The van der Waals surface area contributed by atoms with Crippen LogP contribution in [0.3, 0.4) is 0 Å². The topological polar surface area (TPSA) is 59.7 Å². The molecule has 2 saturated heterocycles. The standard InChI is InChI=1S/C21H26N4O2/c1-23-9-13(10-25-11-19(26)24(2)20(27)12-25)6-16-15-4-3-5-17-21(15)14(8-22-17)7-18(16)23/h3-5,8,13,16,18,22H,6-7,9-12H2,1-2H3/t13-,16?,18-/m1/s1. The molecule has 5 rings (SSSR count). The van der Waals surface area contributed by atoms with E-state index in [-0.39, 0.29) is 11.8 Å². The maximum absolute atomic E-state index is 12.0. The van der Waals surface area contributed by atoms with Gasteiger partial charge in [0.15, 0.2) is 0 Å². The van der Waals surface area contributed by atoms with E-state index in [1.807, 2.05) is 4.90 Å². The molecule has 1 aliphatic carbocycles. The van der Waals surface area contributed by atoms with E-state index in [9.17, 15) is 9.59 Å². The number of piperidine rings is 1. The van der Waals surface area contributed by atoms with Crippen LogP contribution in [-0.4, -0.2) is 77.8 Å². The number of hydrogen-bond donors (Lipinski definition) is 1. The lowest BCUT2D eigenvalue weighted by Crippen LogP contribution is -2.55. The van der Waals surface area contributed by atoms with Crippen molar-refractivity contribution in [1.29, 1.82) is 0 Å². The minimum absolute atomic E-state index is 0.0901. The molecular weight excluding hydrogens is 340 g/mol. The van der Waals surface area contributed by atoms with Gasteiger partial charge in [0.1, 0.15) is 0 Å². The van der Waals surface area contributed by atoms with Gasteiger partial charge in [-0.3, -0.25) is 19.4 Å². The van der Waals surface area contributed by atoms with Crippen molar-refractivity contribution in [2.24, 2.45) is 5.92 Å². The van der Waals surface area contributed by atoms with E-state index >= 15 is 0 Å². The number of H-pyrrole nitrogens is 1. The van der Waals surface area contributed by atoms with E-state index in [1.54, 1.807) is 7.05 Å². The maximum Gasteiger partial charge on any atom is 0.243 e. The van der Waals surface area contributed by atoms with E-state index in [1.165, 1.54) is 26.9 Å². The number of piperazine rings is 1. The largest absolute Gasteiger partial charge is 0.361 e. The first kappa shape index (κ1) is 17.0. The molecular formula is C21H26N4O2. The number of nitrogens with one attached hydrogen (secondary N) is 1. The molecule has 3 atom stereocenters. The van der Waals surface area contributed by atoms with Crippen LogP contribution in [0.15, 0.2) is 24.4 Å². The molecule has 6 nitrogen and oxygen atoms in total. The van der Waals surface area contributed by atoms with Crippen LogP contribution in [0.1, 0.15) is 23.5 Å². The van der Waals surface area contributed by atoms with Crippen molar-refractivity contribution in [1.82, 2.24) is 19.7 Å². The van der Waals surface area contributed by atoms with Gasteiger partial charge in [0.05, 0.1) is 13.1 Å². The summed E-state index contributed by atoms with van der Waals surface area (Å²) in [6, 6.07) is 7.14. The average Bonchev–Trinajstić information content (AvgIpc) is 3.05. The zero-order valence-corrected chi connectivity index (χ0v) is 15.9. The highest BCUT2D eigenvalue weighted by Crippen LogP contribution is 2.44. The number of rotatable bonds is 2. The normalized spacial score (nSPS) is 29.4. The molecule has 2 aliphatic heterocycles. The van der Waals surface area contributed by atoms with Crippen molar-refractivity contribution in [2.75, 3.05) is 40.3 Å². The summed E-state index contributed by atoms with van der Waals surface area (Å²) in [6.45, 7) is 2.54. The number of carbonyl (C=O) groups excluding carboxylic acids is 2. The molecule has 2 amide bonds. The summed E-state index contributed by atoms with van der Waals surface area (Å²) >= 11 is 0. The number of nitrogens with zero attached hydrogens (tertiary/aromatic N) is 3. The molecule has 1 unspecified atom stereocenters. The Hall–Kier alpha value is -2.18. The molecule has 0 spiro atoms. The fourth-order valence-corrected chi connectivity index (χ4v) is 5.47. The van der Waals surface area contributed by atoms with E-state index in [2.05, 4.69) is 41.3 Å². The molecule has 2 aromatic rings. The van der Waals surface area contributed by atoms with Gasteiger partial charge in [-0.2, -0.15) is 0 Å². The van der Waals surface area contributed by atoms with Gasteiger partial charge in [0.25, 0.3) is 0 Å². The zero-order valence-electron chi connectivity index (χ0n) is 15.9. The fourth-order valence-electron chi connectivity index (χ4n) is 5.47. The van der Waals surface area contributed by atoms with Crippen LogP contribution in [0.2, 0.25) is 0 Å². The minimum atomic E-state index is -0.0901. The van der Waals surface area contributed by atoms with Crippen LogP contribution in [0.5, 0.6) is 0 Å². The van der Waals surface area contributed by atoms with Crippen molar-refractivity contribution < 1.29 is 9.59 Å². The number of carbonyl (C=O) groups is 2. The molecule has 0 bridgehead atoms. The van der Waals surface area contributed by atoms with Crippen molar-refractivity contribution in [3.05, 3.63) is 35.5 Å². The Kier molecular flexibility index (Phi) is 3.88. The summed E-state index contributed by atoms with van der Waals surface area (Å²) in [7, 11) is 3.81. The highest BCUT2D eigenvalue weighted by Gasteiger charge is 2.40. The Balaban J connectivity index is 1.39. The van der Waals surface area contributed by atoms with Crippen LogP contribution >= 0.6 is 0 Å². The van der Waals surface area contributed by atoms with Crippen molar-refractivity contribution in [3.8, 4) is 0 Å². The molecule has 142 valence electrons. The molecule has 2 fully saturated rings. The van der Waals surface area contributed by atoms with Crippen molar-refractivity contribution in [3.63, 3.8) is 0 Å². The Bertz CT molecular complexity index is 902. The number of aromatic nitrogens is 1. The van der Waals surface area contributed by atoms with Crippen LogP contribution in [-0.2, 0) is 16.0 Å². The zero-order chi connectivity index (χ0) is 18.7. The smallest absolute Gasteiger partial charge is 0.243 e. The van der Waals surface area contributed by atoms with Crippen molar-refractivity contribution in [2.45, 2.75) is 24.8 Å². The van der Waals surface area contributed by atoms with Gasteiger partial charge < -0.3 is 9.88 Å². The average molecular weight is 366 g/mol. The van der Waals surface area contributed by atoms with E-state index < -0.39 is 0 Å². The number of hydrogen-bond acceptors (Lipinski definition) is 4.